The summed E-state index contributed by atoms with van der Waals surface area (Å²) in [6.45, 7) is 0.864. The number of carbonyl (C=O) groups is 1. The van der Waals surface area contributed by atoms with Gasteiger partial charge in [0.05, 0.1) is 10.6 Å². The Morgan fingerprint density at radius 1 is 1.42 bits per heavy atom. The molecule has 0 saturated carbocycles. The van der Waals surface area contributed by atoms with Crippen LogP contribution in [0, 0.1) is 0 Å². The monoisotopic (exact) mass is 295 g/mol. The van der Waals surface area contributed by atoms with Crippen LogP contribution in [0.1, 0.15) is 15.2 Å². The van der Waals surface area contributed by atoms with E-state index in [1.165, 1.54) is 4.88 Å². The van der Waals surface area contributed by atoms with Gasteiger partial charge >= 0.3 is 5.97 Å². The molecule has 1 aromatic carbocycles. The van der Waals surface area contributed by atoms with Crippen LogP contribution in [0.2, 0.25) is 5.02 Å². The SMILES string of the molecule is CN(CCc1cccs1)c1ccc(C(=O)O)c(Cl)c1. The standard InChI is InChI=1S/C14H14ClNO2S/c1-16(7-6-11-3-2-8-19-11)10-4-5-12(14(17)18)13(15)9-10/h2-5,8-9H,6-7H2,1H3,(H,17,18). The first-order valence-electron chi connectivity index (χ1n) is 5.84. The molecule has 0 fully saturated rings. The largest absolute Gasteiger partial charge is 0.478 e. The first-order chi connectivity index (χ1) is 9.08. The summed E-state index contributed by atoms with van der Waals surface area (Å²) in [6, 6.07) is 9.17. The Kier molecular flexibility index (Phi) is 4.45. The highest BCUT2D eigenvalue weighted by Crippen LogP contribution is 2.23. The van der Waals surface area contributed by atoms with Gasteiger partial charge in [-0.2, -0.15) is 0 Å². The molecule has 0 unspecified atom stereocenters. The minimum atomic E-state index is -1.00. The summed E-state index contributed by atoms with van der Waals surface area (Å²) in [5.41, 5.74) is 1.06. The lowest BCUT2D eigenvalue weighted by atomic mass is 10.2. The number of anilines is 1. The average molecular weight is 296 g/mol. The maximum absolute atomic E-state index is 10.9. The van der Waals surface area contributed by atoms with Crippen molar-refractivity contribution in [3.63, 3.8) is 0 Å². The molecule has 0 aliphatic rings. The average Bonchev–Trinajstić information content (AvgIpc) is 2.88. The summed E-state index contributed by atoms with van der Waals surface area (Å²) in [5, 5.41) is 11.3. The zero-order valence-corrected chi connectivity index (χ0v) is 12.0. The van der Waals surface area contributed by atoms with Crippen LogP contribution in [0.3, 0.4) is 0 Å². The van der Waals surface area contributed by atoms with Crippen LogP contribution < -0.4 is 4.90 Å². The maximum Gasteiger partial charge on any atom is 0.337 e. The molecule has 0 saturated heterocycles. The number of carboxylic acids is 1. The fourth-order valence-corrected chi connectivity index (χ4v) is 2.73. The molecular formula is C14H14ClNO2S. The topological polar surface area (TPSA) is 40.5 Å². The van der Waals surface area contributed by atoms with Crippen LogP contribution in [-0.4, -0.2) is 24.7 Å². The molecule has 2 aromatic rings. The number of halogens is 1. The molecule has 0 amide bonds. The molecule has 1 N–H and O–H groups in total. The third kappa shape index (κ3) is 3.49. The van der Waals surface area contributed by atoms with Gasteiger partial charge in [0.25, 0.3) is 0 Å². The number of hydrogen-bond donors (Lipinski definition) is 1. The predicted octanol–water partition coefficient (Wildman–Crippen LogP) is 3.78. The molecule has 0 radical (unpaired) electrons. The van der Waals surface area contributed by atoms with Crippen LogP contribution in [0.25, 0.3) is 0 Å². The smallest absolute Gasteiger partial charge is 0.337 e. The Labute approximate surface area is 121 Å². The summed E-state index contributed by atoms with van der Waals surface area (Å²) < 4.78 is 0. The predicted molar refractivity (Wildman–Crippen MR) is 79.7 cm³/mol. The Hall–Kier alpha value is -1.52. The minimum Gasteiger partial charge on any atom is -0.478 e. The van der Waals surface area contributed by atoms with E-state index in [9.17, 15) is 4.79 Å². The van der Waals surface area contributed by atoms with Gasteiger partial charge in [0.2, 0.25) is 0 Å². The van der Waals surface area contributed by atoms with Gasteiger partial charge in [-0.25, -0.2) is 4.79 Å². The van der Waals surface area contributed by atoms with Crippen molar-refractivity contribution < 1.29 is 9.90 Å². The normalized spacial score (nSPS) is 10.4. The van der Waals surface area contributed by atoms with E-state index >= 15 is 0 Å². The quantitative estimate of drug-likeness (QED) is 0.912. The summed E-state index contributed by atoms with van der Waals surface area (Å²) in [5.74, 6) is -1.00. The van der Waals surface area contributed by atoms with Gasteiger partial charge in [0.15, 0.2) is 0 Å². The zero-order valence-electron chi connectivity index (χ0n) is 10.5. The lowest BCUT2D eigenvalue weighted by Crippen LogP contribution is -2.20. The number of thiophene rings is 1. The lowest BCUT2D eigenvalue weighted by molar-refractivity contribution is 0.0697. The van der Waals surface area contributed by atoms with Gasteiger partial charge in [-0.15, -0.1) is 11.3 Å². The third-order valence-corrected chi connectivity index (χ3v) is 4.15. The van der Waals surface area contributed by atoms with Crippen molar-refractivity contribution in [3.05, 3.63) is 51.2 Å². The van der Waals surface area contributed by atoms with E-state index in [4.69, 9.17) is 16.7 Å². The zero-order chi connectivity index (χ0) is 13.8. The highest BCUT2D eigenvalue weighted by molar-refractivity contribution is 7.09. The van der Waals surface area contributed by atoms with E-state index in [1.807, 2.05) is 13.1 Å². The number of nitrogens with zero attached hydrogens (tertiary/aromatic N) is 1. The molecule has 0 aliphatic carbocycles. The molecular weight excluding hydrogens is 282 g/mol. The molecule has 19 heavy (non-hydrogen) atoms. The van der Waals surface area contributed by atoms with Crippen molar-refractivity contribution in [2.24, 2.45) is 0 Å². The number of likely N-dealkylation sites (N-methyl/N-ethyl adjacent to an activating group) is 1. The fourth-order valence-electron chi connectivity index (χ4n) is 1.78. The van der Waals surface area contributed by atoms with Crippen LogP contribution >= 0.6 is 22.9 Å². The Morgan fingerprint density at radius 3 is 2.79 bits per heavy atom. The van der Waals surface area contributed by atoms with Gasteiger partial charge < -0.3 is 10.0 Å². The van der Waals surface area contributed by atoms with E-state index in [0.29, 0.717) is 0 Å². The summed E-state index contributed by atoms with van der Waals surface area (Å²) in [6.07, 6.45) is 0.965. The molecule has 0 spiro atoms. The number of hydrogen-bond acceptors (Lipinski definition) is 3. The van der Waals surface area contributed by atoms with Crippen LogP contribution in [0.4, 0.5) is 5.69 Å². The second-order valence-corrected chi connectivity index (χ2v) is 5.66. The van der Waals surface area contributed by atoms with E-state index in [1.54, 1.807) is 29.5 Å². The van der Waals surface area contributed by atoms with Crippen molar-refractivity contribution in [1.29, 1.82) is 0 Å². The van der Waals surface area contributed by atoms with Crippen molar-refractivity contribution >= 4 is 34.6 Å². The van der Waals surface area contributed by atoms with Crippen molar-refractivity contribution in [2.75, 3.05) is 18.5 Å². The number of benzene rings is 1. The summed E-state index contributed by atoms with van der Waals surface area (Å²) in [7, 11) is 1.97. The Morgan fingerprint density at radius 2 is 2.21 bits per heavy atom. The summed E-state index contributed by atoms with van der Waals surface area (Å²) >= 11 is 7.70. The molecule has 2 rings (SSSR count). The fraction of sp³-hybridized carbons (Fsp3) is 0.214. The van der Waals surface area contributed by atoms with E-state index in [-0.39, 0.29) is 10.6 Å². The minimum absolute atomic E-state index is 0.136. The van der Waals surface area contributed by atoms with Crippen molar-refractivity contribution in [2.45, 2.75) is 6.42 Å². The Balaban J connectivity index is 2.05. The van der Waals surface area contributed by atoms with Gasteiger partial charge in [-0.3, -0.25) is 0 Å². The third-order valence-electron chi connectivity index (χ3n) is 2.90. The highest BCUT2D eigenvalue weighted by Gasteiger charge is 2.10. The van der Waals surface area contributed by atoms with Crippen LogP contribution in [0.15, 0.2) is 35.7 Å². The lowest BCUT2D eigenvalue weighted by Gasteiger charge is -2.19. The van der Waals surface area contributed by atoms with Gasteiger partial charge in [-0.05, 0) is 36.1 Å². The number of carboxylic acid groups (broad SMARTS) is 1. The first-order valence-corrected chi connectivity index (χ1v) is 7.10. The molecule has 0 atom stereocenters. The second-order valence-electron chi connectivity index (χ2n) is 4.22. The number of rotatable bonds is 5. The second kappa shape index (κ2) is 6.08. The molecule has 100 valence electrons. The molecule has 1 heterocycles. The van der Waals surface area contributed by atoms with Crippen molar-refractivity contribution in [1.82, 2.24) is 0 Å². The maximum atomic E-state index is 10.9. The number of aromatic carboxylic acids is 1. The van der Waals surface area contributed by atoms with Gasteiger partial charge in [0.1, 0.15) is 0 Å². The van der Waals surface area contributed by atoms with E-state index in [0.717, 1.165) is 18.7 Å². The van der Waals surface area contributed by atoms with Gasteiger partial charge in [-0.1, -0.05) is 17.7 Å². The molecule has 5 heteroatoms. The Bertz CT molecular complexity index is 569. The molecule has 1 aromatic heterocycles. The van der Waals surface area contributed by atoms with Gasteiger partial charge in [0, 0.05) is 24.2 Å². The highest BCUT2D eigenvalue weighted by atomic mass is 35.5. The van der Waals surface area contributed by atoms with Crippen LogP contribution in [0.5, 0.6) is 0 Å². The van der Waals surface area contributed by atoms with E-state index < -0.39 is 5.97 Å². The first kappa shape index (κ1) is 13.9. The molecule has 3 nitrogen and oxygen atoms in total. The van der Waals surface area contributed by atoms with Crippen molar-refractivity contribution in [3.8, 4) is 0 Å². The summed E-state index contributed by atoms with van der Waals surface area (Å²) in [4.78, 5) is 14.3. The molecule has 0 bridgehead atoms. The molecule has 0 aliphatic heterocycles. The van der Waals surface area contributed by atoms with Crippen LogP contribution in [-0.2, 0) is 6.42 Å². The van der Waals surface area contributed by atoms with E-state index in [2.05, 4.69) is 16.3 Å².